The van der Waals surface area contributed by atoms with Crippen LogP contribution in [0.5, 0.6) is 0 Å². The topological polar surface area (TPSA) is 44.8 Å². The van der Waals surface area contributed by atoms with Gasteiger partial charge in [-0.05, 0) is 64.0 Å². The number of hydrogen-bond donors (Lipinski definition) is 1. The molecule has 0 radical (unpaired) electrons. The van der Waals surface area contributed by atoms with Gasteiger partial charge in [-0.25, -0.2) is 4.39 Å². The summed E-state index contributed by atoms with van der Waals surface area (Å²) >= 11 is 0. The quantitative estimate of drug-likeness (QED) is 0.840. The highest BCUT2D eigenvalue weighted by Gasteiger charge is 2.37. The summed E-state index contributed by atoms with van der Waals surface area (Å²) in [7, 11) is 4.15. The molecule has 0 aliphatic carbocycles. The Labute approximate surface area is 155 Å². The van der Waals surface area contributed by atoms with Gasteiger partial charge in [-0.2, -0.15) is 0 Å². The summed E-state index contributed by atoms with van der Waals surface area (Å²) in [5.74, 6) is -0.118. The molecule has 0 aromatic heterocycles. The minimum Gasteiger partial charge on any atom is -0.381 e. The predicted molar refractivity (Wildman–Crippen MR) is 99.3 cm³/mol. The Morgan fingerprint density at radius 1 is 1.31 bits per heavy atom. The second-order valence-electron chi connectivity index (χ2n) is 7.70. The molecule has 6 heteroatoms. The van der Waals surface area contributed by atoms with Crippen molar-refractivity contribution in [2.24, 2.45) is 0 Å². The first kappa shape index (κ1) is 19.3. The third-order valence-electron chi connectivity index (χ3n) is 5.93. The minimum absolute atomic E-state index is 0.0195. The van der Waals surface area contributed by atoms with Crippen molar-refractivity contribution in [1.82, 2.24) is 15.1 Å². The van der Waals surface area contributed by atoms with E-state index in [2.05, 4.69) is 29.2 Å². The molecule has 0 spiro atoms. The molecule has 0 bridgehead atoms. The van der Waals surface area contributed by atoms with Crippen LogP contribution >= 0.6 is 0 Å². The van der Waals surface area contributed by atoms with E-state index < -0.39 is 0 Å². The second-order valence-corrected chi connectivity index (χ2v) is 7.70. The lowest BCUT2D eigenvalue weighted by Crippen LogP contribution is -2.57. The summed E-state index contributed by atoms with van der Waals surface area (Å²) in [5, 5.41) is 3.20. The van der Waals surface area contributed by atoms with Crippen molar-refractivity contribution in [3.63, 3.8) is 0 Å². The molecule has 2 aliphatic heterocycles. The average Bonchev–Trinajstić information content (AvgIpc) is 3.10. The summed E-state index contributed by atoms with van der Waals surface area (Å²) in [6, 6.07) is 6.45. The van der Waals surface area contributed by atoms with Gasteiger partial charge in [-0.15, -0.1) is 0 Å². The highest BCUT2D eigenvalue weighted by Crippen LogP contribution is 2.26. The van der Waals surface area contributed by atoms with E-state index in [1.165, 1.54) is 12.1 Å². The number of nitrogens with zero attached hydrogens (tertiary/aromatic N) is 2. The molecule has 144 valence electrons. The van der Waals surface area contributed by atoms with E-state index in [1.807, 2.05) is 0 Å². The molecule has 2 fully saturated rings. The van der Waals surface area contributed by atoms with Crippen molar-refractivity contribution in [3.05, 3.63) is 35.6 Å². The summed E-state index contributed by atoms with van der Waals surface area (Å²) in [4.78, 5) is 17.3. The average molecular weight is 363 g/mol. The Kier molecular flexibility index (Phi) is 6.27. The zero-order valence-electron chi connectivity index (χ0n) is 15.8. The lowest BCUT2D eigenvalue weighted by Gasteiger charge is -2.43. The van der Waals surface area contributed by atoms with Crippen LogP contribution in [0.3, 0.4) is 0 Å². The van der Waals surface area contributed by atoms with Gasteiger partial charge in [-0.3, -0.25) is 9.69 Å². The first-order valence-corrected chi connectivity index (χ1v) is 9.52. The maximum absolute atomic E-state index is 13.1. The number of carbonyl (C=O) groups excluding carboxylic acids is 1. The number of carbonyl (C=O) groups is 1. The van der Waals surface area contributed by atoms with Crippen LogP contribution in [-0.2, 0) is 16.1 Å². The van der Waals surface area contributed by atoms with Gasteiger partial charge in [0, 0.05) is 31.8 Å². The van der Waals surface area contributed by atoms with E-state index in [-0.39, 0.29) is 23.3 Å². The zero-order valence-corrected chi connectivity index (χ0v) is 15.8. The number of nitrogens with one attached hydrogen (secondary N) is 1. The van der Waals surface area contributed by atoms with E-state index in [0.717, 1.165) is 51.0 Å². The Bertz CT molecular complexity index is 600. The molecule has 1 aromatic rings. The number of halogens is 1. The van der Waals surface area contributed by atoms with E-state index in [9.17, 15) is 9.18 Å². The monoisotopic (exact) mass is 363 g/mol. The van der Waals surface area contributed by atoms with Crippen LogP contribution in [0, 0.1) is 5.82 Å². The fourth-order valence-electron chi connectivity index (χ4n) is 4.04. The second kappa shape index (κ2) is 8.46. The maximum atomic E-state index is 13.1. The van der Waals surface area contributed by atoms with Crippen molar-refractivity contribution in [2.45, 2.75) is 43.8 Å². The van der Waals surface area contributed by atoms with E-state index in [4.69, 9.17) is 4.74 Å². The number of likely N-dealkylation sites (tertiary alicyclic amines) is 1. The van der Waals surface area contributed by atoms with Gasteiger partial charge < -0.3 is 15.0 Å². The summed E-state index contributed by atoms with van der Waals surface area (Å²) in [6.45, 7) is 3.73. The molecular weight excluding hydrogens is 333 g/mol. The number of amides is 1. The van der Waals surface area contributed by atoms with Crippen LogP contribution < -0.4 is 5.32 Å². The molecule has 1 atom stereocenters. The molecule has 1 aromatic carbocycles. The number of rotatable bonds is 6. The molecule has 1 N–H and O–H groups in total. The highest BCUT2D eigenvalue weighted by molar-refractivity contribution is 5.82. The first-order valence-electron chi connectivity index (χ1n) is 9.52. The number of likely N-dealkylation sites (N-methyl/N-ethyl adjacent to an activating group) is 1. The molecule has 2 saturated heterocycles. The van der Waals surface area contributed by atoms with Gasteiger partial charge in [0.1, 0.15) is 5.82 Å². The Balaban J connectivity index is 1.58. The highest BCUT2D eigenvalue weighted by atomic mass is 19.1. The number of hydrogen-bond acceptors (Lipinski definition) is 4. The summed E-state index contributed by atoms with van der Waals surface area (Å²) in [6.07, 6.45) is 3.77. The minimum atomic E-state index is -0.227. The van der Waals surface area contributed by atoms with Crippen molar-refractivity contribution in [1.29, 1.82) is 0 Å². The normalized spacial score (nSPS) is 23.3. The third-order valence-corrected chi connectivity index (χ3v) is 5.93. The molecule has 2 heterocycles. The fraction of sp³-hybridized carbons (Fsp3) is 0.650. The molecule has 3 rings (SSSR count). The lowest BCUT2D eigenvalue weighted by molar-refractivity contribution is -0.126. The SMILES string of the molecule is CN(C)C1(CNC(=O)[C@H]2CCCN2Cc2ccc(F)cc2)CCOCC1. The molecule has 5 nitrogen and oxygen atoms in total. The van der Waals surface area contributed by atoms with Crippen LogP contribution in [0.1, 0.15) is 31.2 Å². The van der Waals surface area contributed by atoms with E-state index >= 15 is 0 Å². The number of benzene rings is 1. The van der Waals surface area contributed by atoms with Gasteiger partial charge in [0.25, 0.3) is 0 Å². The third kappa shape index (κ3) is 4.42. The van der Waals surface area contributed by atoms with Crippen LogP contribution in [-0.4, -0.2) is 67.7 Å². The lowest BCUT2D eigenvalue weighted by atomic mass is 9.88. The van der Waals surface area contributed by atoms with Crippen LogP contribution in [0.25, 0.3) is 0 Å². The first-order chi connectivity index (χ1) is 12.5. The van der Waals surface area contributed by atoms with Crippen molar-refractivity contribution < 1.29 is 13.9 Å². The largest absolute Gasteiger partial charge is 0.381 e. The van der Waals surface area contributed by atoms with E-state index in [1.54, 1.807) is 12.1 Å². The standard InChI is InChI=1S/C20H30FN3O2/c1-23(2)20(9-12-26-13-10-20)15-22-19(25)18-4-3-11-24(18)14-16-5-7-17(21)8-6-16/h5-8,18H,3-4,9-15H2,1-2H3,(H,22,25)/t18-/m1/s1. The van der Waals surface area contributed by atoms with Gasteiger partial charge >= 0.3 is 0 Å². The Morgan fingerprint density at radius 2 is 2.00 bits per heavy atom. The van der Waals surface area contributed by atoms with E-state index in [0.29, 0.717) is 13.1 Å². The molecular formula is C20H30FN3O2. The molecule has 26 heavy (non-hydrogen) atoms. The van der Waals surface area contributed by atoms with Crippen LogP contribution in [0.4, 0.5) is 4.39 Å². The van der Waals surface area contributed by atoms with Gasteiger partial charge in [0.05, 0.1) is 6.04 Å². The predicted octanol–water partition coefficient (Wildman–Crippen LogP) is 2.02. The fourth-order valence-corrected chi connectivity index (χ4v) is 4.04. The van der Waals surface area contributed by atoms with Crippen molar-refractivity contribution in [2.75, 3.05) is 40.4 Å². The molecule has 2 aliphatic rings. The number of ether oxygens (including phenoxy) is 1. The smallest absolute Gasteiger partial charge is 0.237 e. The van der Waals surface area contributed by atoms with Crippen LogP contribution in [0.2, 0.25) is 0 Å². The maximum Gasteiger partial charge on any atom is 0.237 e. The molecule has 1 amide bonds. The van der Waals surface area contributed by atoms with Crippen molar-refractivity contribution >= 4 is 5.91 Å². The Morgan fingerprint density at radius 3 is 2.65 bits per heavy atom. The summed E-state index contributed by atoms with van der Waals surface area (Å²) in [5.41, 5.74) is 1.02. The summed E-state index contributed by atoms with van der Waals surface area (Å²) < 4.78 is 18.6. The molecule has 0 unspecified atom stereocenters. The van der Waals surface area contributed by atoms with Crippen molar-refractivity contribution in [3.8, 4) is 0 Å². The zero-order chi connectivity index (χ0) is 18.6. The molecule has 0 saturated carbocycles. The van der Waals surface area contributed by atoms with Gasteiger partial charge in [0.15, 0.2) is 0 Å². The van der Waals surface area contributed by atoms with Gasteiger partial charge in [0.2, 0.25) is 5.91 Å². The Hall–Kier alpha value is -1.50. The van der Waals surface area contributed by atoms with Crippen LogP contribution in [0.15, 0.2) is 24.3 Å². The van der Waals surface area contributed by atoms with Gasteiger partial charge in [-0.1, -0.05) is 12.1 Å².